The molecule has 0 radical (unpaired) electrons. The number of fused-ring (bicyclic) bond motifs is 1. The van der Waals surface area contributed by atoms with E-state index in [0.29, 0.717) is 24.9 Å². The maximum atomic E-state index is 13.2. The van der Waals surface area contributed by atoms with Crippen LogP contribution in [-0.4, -0.2) is 62.7 Å². The molecule has 0 bridgehead atoms. The van der Waals surface area contributed by atoms with Crippen molar-refractivity contribution >= 4 is 5.91 Å². The molecule has 0 aromatic heterocycles. The van der Waals surface area contributed by atoms with Gasteiger partial charge >= 0.3 is 0 Å². The zero-order valence-corrected chi connectivity index (χ0v) is 18.7. The first-order valence-electron chi connectivity index (χ1n) is 11.0. The number of benzene rings is 2. The summed E-state index contributed by atoms with van der Waals surface area (Å²) in [7, 11) is 5.01. The minimum Gasteiger partial charge on any atom is -0.496 e. The van der Waals surface area contributed by atoms with E-state index in [9.17, 15) is 4.79 Å². The maximum absolute atomic E-state index is 13.2. The van der Waals surface area contributed by atoms with Crippen molar-refractivity contribution in [3.05, 3.63) is 53.1 Å². The fourth-order valence-corrected chi connectivity index (χ4v) is 4.83. The maximum Gasteiger partial charge on any atom is 0.237 e. The van der Waals surface area contributed by atoms with Gasteiger partial charge in [0.15, 0.2) is 11.5 Å². The molecule has 0 aliphatic carbocycles. The van der Waals surface area contributed by atoms with E-state index in [1.807, 2.05) is 29.2 Å². The van der Waals surface area contributed by atoms with Crippen LogP contribution < -0.4 is 14.2 Å². The third-order valence-electron chi connectivity index (χ3n) is 6.56. The van der Waals surface area contributed by atoms with Crippen molar-refractivity contribution in [2.45, 2.75) is 38.3 Å². The molecule has 2 aromatic rings. The fourth-order valence-electron chi connectivity index (χ4n) is 4.83. The average Bonchev–Trinajstić information content (AvgIpc) is 3.24. The minimum atomic E-state index is 0.201. The van der Waals surface area contributed by atoms with Crippen molar-refractivity contribution in [1.82, 2.24) is 9.80 Å². The molecular formula is C25H32N2O4. The number of ether oxygens (including phenoxy) is 3. The minimum absolute atomic E-state index is 0.201. The van der Waals surface area contributed by atoms with Crippen LogP contribution in [0.4, 0.5) is 0 Å². The van der Waals surface area contributed by atoms with Crippen molar-refractivity contribution < 1.29 is 19.0 Å². The van der Waals surface area contributed by atoms with Gasteiger partial charge in [0.05, 0.1) is 27.9 Å². The number of rotatable bonds is 7. The normalized spacial score (nSPS) is 18.5. The SMILES string of the molecule is COc1ccccc1C[C@H]1CCCN1CC(=O)N1CCc2cc(OC)c(OC)cc2C1. The van der Waals surface area contributed by atoms with Crippen molar-refractivity contribution in [2.24, 2.45) is 0 Å². The quantitative estimate of drug-likeness (QED) is 0.683. The third kappa shape index (κ3) is 4.64. The van der Waals surface area contributed by atoms with E-state index in [1.165, 1.54) is 11.1 Å². The van der Waals surface area contributed by atoms with Gasteiger partial charge in [0.2, 0.25) is 5.91 Å². The van der Waals surface area contributed by atoms with Crippen LogP contribution in [0, 0.1) is 0 Å². The number of carbonyl (C=O) groups excluding carboxylic acids is 1. The number of methoxy groups -OCH3 is 3. The molecule has 2 heterocycles. The Hall–Kier alpha value is -2.73. The summed E-state index contributed by atoms with van der Waals surface area (Å²) in [5.41, 5.74) is 3.59. The van der Waals surface area contributed by atoms with Crippen LogP contribution in [-0.2, 0) is 24.2 Å². The highest BCUT2D eigenvalue weighted by Gasteiger charge is 2.30. The van der Waals surface area contributed by atoms with E-state index in [-0.39, 0.29) is 5.91 Å². The second-order valence-electron chi connectivity index (χ2n) is 8.32. The molecule has 4 rings (SSSR count). The van der Waals surface area contributed by atoms with Crippen LogP contribution in [0.5, 0.6) is 17.2 Å². The van der Waals surface area contributed by atoms with Gasteiger partial charge in [0.25, 0.3) is 0 Å². The molecule has 0 spiro atoms. The lowest BCUT2D eigenvalue weighted by Gasteiger charge is -2.32. The summed E-state index contributed by atoms with van der Waals surface area (Å²) in [4.78, 5) is 17.5. The first-order chi connectivity index (χ1) is 15.1. The number of nitrogens with zero attached hydrogens (tertiary/aromatic N) is 2. The highest BCUT2D eigenvalue weighted by molar-refractivity contribution is 5.78. The Morgan fingerprint density at radius 2 is 1.68 bits per heavy atom. The molecule has 6 heteroatoms. The van der Waals surface area contributed by atoms with E-state index in [1.54, 1.807) is 21.3 Å². The molecular weight excluding hydrogens is 392 g/mol. The molecule has 2 aromatic carbocycles. The monoisotopic (exact) mass is 424 g/mol. The fraction of sp³-hybridized carbons (Fsp3) is 0.480. The highest BCUT2D eigenvalue weighted by Crippen LogP contribution is 2.33. The Bertz CT molecular complexity index is 930. The van der Waals surface area contributed by atoms with Crippen LogP contribution in [0.1, 0.15) is 29.5 Å². The van der Waals surface area contributed by atoms with E-state index < -0.39 is 0 Å². The molecule has 1 saturated heterocycles. The Kier molecular flexibility index (Phi) is 6.66. The molecule has 6 nitrogen and oxygen atoms in total. The summed E-state index contributed by atoms with van der Waals surface area (Å²) in [6.45, 7) is 2.81. The van der Waals surface area contributed by atoms with Crippen molar-refractivity contribution in [2.75, 3.05) is 41.0 Å². The Labute approximate surface area is 184 Å². The molecule has 1 amide bonds. The lowest BCUT2D eigenvalue weighted by atomic mass is 9.98. The van der Waals surface area contributed by atoms with E-state index in [0.717, 1.165) is 55.8 Å². The van der Waals surface area contributed by atoms with Crippen molar-refractivity contribution in [3.8, 4) is 17.2 Å². The van der Waals surface area contributed by atoms with Crippen molar-refractivity contribution in [1.29, 1.82) is 0 Å². The zero-order valence-electron chi connectivity index (χ0n) is 18.7. The third-order valence-corrected chi connectivity index (χ3v) is 6.56. The van der Waals surface area contributed by atoms with Crippen LogP contribution in [0.2, 0.25) is 0 Å². The Morgan fingerprint density at radius 1 is 0.968 bits per heavy atom. The topological polar surface area (TPSA) is 51.2 Å². The summed E-state index contributed by atoms with van der Waals surface area (Å²) in [5, 5.41) is 0. The second kappa shape index (κ2) is 9.60. The first kappa shape index (κ1) is 21.5. The number of hydrogen-bond donors (Lipinski definition) is 0. The van der Waals surface area contributed by atoms with Gasteiger partial charge in [-0.1, -0.05) is 18.2 Å². The number of hydrogen-bond acceptors (Lipinski definition) is 5. The van der Waals surface area contributed by atoms with Gasteiger partial charge in [-0.2, -0.15) is 0 Å². The smallest absolute Gasteiger partial charge is 0.237 e. The predicted molar refractivity (Wildman–Crippen MR) is 120 cm³/mol. The molecule has 0 N–H and O–H groups in total. The van der Waals surface area contributed by atoms with Crippen LogP contribution in [0.3, 0.4) is 0 Å². The van der Waals surface area contributed by atoms with Gasteiger partial charge in [0, 0.05) is 19.1 Å². The first-order valence-corrected chi connectivity index (χ1v) is 11.0. The van der Waals surface area contributed by atoms with Gasteiger partial charge in [-0.05, 0) is 67.1 Å². The Balaban J connectivity index is 1.41. The number of likely N-dealkylation sites (tertiary alicyclic amines) is 1. The summed E-state index contributed by atoms with van der Waals surface area (Å²) in [5.74, 6) is 2.59. The van der Waals surface area contributed by atoms with E-state index in [2.05, 4.69) is 17.0 Å². The van der Waals surface area contributed by atoms with Gasteiger partial charge in [-0.15, -0.1) is 0 Å². The molecule has 1 fully saturated rings. The van der Waals surface area contributed by atoms with E-state index in [4.69, 9.17) is 14.2 Å². The van der Waals surface area contributed by atoms with Crippen LogP contribution in [0.15, 0.2) is 36.4 Å². The number of para-hydroxylation sites is 1. The summed E-state index contributed by atoms with van der Waals surface area (Å²) >= 11 is 0. The molecule has 0 saturated carbocycles. The standard InChI is InChI=1S/C25H32N2O4/c1-29-22-9-5-4-7-19(22)13-21-8-6-11-26(21)17-25(28)27-12-10-18-14-23(30-2)24(31-3)15-20(18)16-27/h4-5,7,9,14-15,21H,6,8,10-13,16-17H2,1-3H3/t21-/m1/s1. The molecule has 2 aliphatic heterocycles. The molecule has 0 unspecified atom stereocenters. The van der Waals surface area contributed by atoms with E-state index >= 15 is 0 Å². The second-order valence-corrected chi connectivity index (χ2v) is 8.32. The highest BCUT2D eigenvalue weighted by atomic mass is 16.5. The average molecular weight is 425 g/mol. The van der Waals surface area contributed by atoms with Crippen LogP contribution in [0.25, 0.3) is 0 Å². The summed E-state index contributed by atoms with van der Waals surface area (Å²) < 4.78 is 16.4. The molecule has 31 heavy (non-hydrogen) atoms. The Morgan fingerprint density at radius 3 is 2.42 bits per heavy atom. The summed E-state index contributed by atoms with van der Waals surface area (Å²) in [6.07, 6.45) is 4.00. The van der Waals surface area contributed by atoms with Gasteiger partial charge in [-0.25, -0.2) is 0 Å². The number of carbonyl (C=O) groups is 1. The van der Waals surface area contributed by atoms with Gasteiger partial charge in [0.1, 0.15) is 5.75 Å². The molecule has 2 aliphatic rings. The lowest BCUT2D eigenvalue weighted by molar-refractivity contribution is -0.133. The summed E-state index contributed by atoms with van der Waals surface area (Å²) in [6, 6.07) is 12.6. The lowest BCUT2D eigenvalue weighted by Crippen LogP contribution is -2.44. The molecule has 1 atom stereocenters. The van der Waals surface area contributed by atoms with Crippen molar-refractivity contribution in [3.63, 3.8) is 0 Å². The van der Waals surface area contributed by atoms with Crippen LogP contribution >= 0.6 is 0 Å². The number of amides is 1. The zero-order chi connectivity index (χ0) is 21.8. The predicted octanol–water partition coefficient (Wildman–Crippen LogP) is 3.30. The molecule has 166 valence electrons. The van der Waals surface area contributed by atoms with Gasteiger partial charge in [-0.3, -0.25) is 9.69 Å². The largest absolute Gasteiger partial charge is 0.496 e. The van der Waals surface area contributed by atoms with Gasteiger partial charge < -0.3 is 19.1 Å².